The summed E-state index contributed by atoms with van der Waals surface area (Å²) in [6.45, 7) is 7.14. The van der Waals surface area contributed by atoms with E-state index in [1.165, 1.54) is 124 Å². The first-order chi connectivity index (χ1) is 18.6. The van der Waals surface area contributed by atoms with E-state index in [9.17, 15) is 0 Å². The molecule has 38 heavy (non-hydrogen) atoms. The van der Waals surface area contributed by atoms with Crippen LogP contribution in [0.4, 0.5) is 0 Å². The van der Waals surface area contributed by atoms with E-state index in [4.69, 9.17) is 13.9 Å². The SMILES string of the molecule is CCCCCCCCc1cc(-c2ccc(-c3cc(CCCCCCCCO)c(C)s3)c3nsnc23)sc1C. The van der Waals surface area contributed by atoms with Crippen LogP contribution >= 0.6 is 34.4 Å². The molecule has 0 saturated heterocycles. The van der Waals surface area contributed by atoms with Gasteiger partial charge in [0.15, 0.2) is 0 Å². The Labute approximate surface area is 241 Å². The fourth-order valence-electron chi connectivity index (χ4n) is 5.30. The van der Waals surface area contributed by atoms with E-state index >= 15 is 0 Å². The van der Waals surface area contributed by atoms with Gasteiger partial charge in [0.1, 0.15) is 11.0 Å². The molecule has 0 spiro atoms. The third-order valence-electron chi connectivity index (χ3n) is 7.64. The van der Waals surface area contributed by atoms with E-state index in [2.05, 4.69) is 45.0 Å². The molecule has 0 amide bonds. The first-order valence-corrected chi connectivity index (χ1v) is 17.0. The molecule has 3 aromatic heterocycles. The summed E-state index contributed by atoms with van der Waals surface area (Å²) in [5, 5.41) is 8.93. The maximum absolute atomic E-state index is 8.93. The molecule has 1 aromatic carbocycles. The first kappa shape index (κ1) is 29.4. The van der Waals surface area contributed by atoms with Gasteiger partial charge in [-0.15, -0.1) is 22.7 Å². The summed E-state index contributed by atoms with van der Waals surface area (Å²) >= 11 is 5.14. The zero-order valence-electron chi connectivity index (χ0n) is 23.5. The zero-order chi connectivity index (χ0) is 26.7. The molecule has 6 heteroatoms. The maximum atomic E-state index is 8.93. The fourth-order valence-corrected chi connectivity index (χ4v) is 8.07. The lowest BCUT2D eigenvalue weighted by molar-refractivity contribution is 0.282. The van der Waals surface area contributed by atoms with Crippen LogP contribution in [0.25, 0.3) is 31.9 Å². The van der Waals surface area contributed by atoms with Gasteiger partial charge in [0.25, 0.3) is 0 Å². The molecule has 4 rings (SSSR count). The Bertz CT molecular complexity index is 1270. The summed E-state index contributed by atoms with van der Waals surface area (Å²) in [7, 11) is 0. The lowest BCUT2D eigenvalue weighted by Gasteiger charge is -2.04. The Morgan fingerprint density at radius 1 is 0.632 bits per heavy atom. The van der Waals surface area contributed by atoms with Gasteiger partial charge in [-0.25, -0.2) is 0 Å². The Morgan fingerprint density at radius 3 is 1.55 bits per heavy atom. The summed E-state index contributed by atoms with van der Waals surface area (Å²) in [4.78, 5) is 5.51. The van der Waals surface area contributed by atoms with Gasteiger partial charge in [0, 0.05) is 37.2 Å². The highest BCUT2D eigenvalue weighted by molar-refractivity contribution is 7.16. The number of unbranched alkanes of at least 4 members (excludes halogenated alkanes) is 10. The Hall–Kier alpha value is -1.60. The Kier molecular flexibility index (Phi) is 11.8. The van der Waals surface area contributed by atoms with Crippen molar-refractivity contribution in [2.45, 2.75) is 111 Å². The summed E-state index contributed by atoms with van der Waals surface area (Å²) in [5.74, 6) is 0. The first-order valence-electron chi connectivity index (χ1n) is 14.7. The second-order valence-electron chi connectivity index (χ2n) is 10.6. The number of hydrogen-bond donors (Lipinski definition) is 1. The van der Waals surface area contributed by atoms with Gasteiger partial charge in [-0.3, -0.25) is 0 Å². The molecule has 0 bridgehead atoms. The molecule has 4 aromatic rings. The van der Waals surface area contributed by atoms with Crippen molar-refractivity contribution < 1.29 is 5.11 Å². The fraction of sp³-hybridized carbons (Fsp3) is 0.562. The topological polar surface area (TPSA) is 46.0 Å². The molecule has 0 aliphatic heterocycles. The number of fused-ring (bicyclic) bond motifs is 1. The van der Waals surface area contributed by atoms with Gasteiger partial charge >= 0.3 is 0 Å². The van der Waals surface area contributed by atoms with Crippen molar-refractivity contribution in [2.24, 2.45) is 0 Å². The smallest absolute Gasteiger partial charge is 0.114 e. The average molecular weight is 569 g/mol. The number of benzene rings is 1. The van der Waals surface area contributed by atoms with E-state index in [1.54, 1.807) is 0 Å². The lowest BCUT2D eigenvalue weighted by atomic mass is 10.0. The lowest BCUT2D eigenvalue weighted by Crippen LogP contribution is -1.87. The van der Waals surface area contributed by atoms with Crippen molar-refractivity contribution in [2.75, 3.05) is 6.61 Å². The highest BCUT2D eigenvalue weighted by Crippen LogP contribution is 2.41. The number of thiophene rings is 2. The third kappa shape index (κ3) is 7.74. The van der Waals surface area contributed by atoms with E-state index in [0.717, 1.165) is 30.3 Å². The Morgan fingerprint density at radius 2 is 1.08 bits per heavy atom. The largest absolute Gasteiger partial charge is 0.396 e. The highest BCUT2D eigenvalue weighted by Gasteiger charge is 2.18. The van der Waals surface area contributed by atoms with Crippen LogP contribution in [-0.4, -0.2) is 20.5 Å². The third-order valence-corrected chi connectivity index (χ3v) is 10.4. The minimum Gasteiger partial charge on any atom is -0.396 e. The standard InChI is InChI=1S/C32H44N2OS3/c1-4-5-6-7-10-13-16-25-21-29(36-23(25)2)27-18-19-28(32-31(27)33-38-34-32)30-22-26(24(3)37-30)17-14-11-8-9-12-15-20-35/h18-19,21-22,35H,4-17,20H2,1-3H3. The summed E-state index contributed by atoms with van der Waals surface area (Å²) in [5.41, 5.74) is 7.54. The number of rotatable bonds is 17. The molecule has 3 nitrogen and oxygen atoms in total. The van der Waals surface area contributed by atoms with E-state index in [0.29, 0.717) is 6.61 Å². The van der Waals surface area contributed by atoms with Gasteiger partial charge in [0.2, 0.25) is 0 Å². The van der Waals surface area contributed by atoms with Gasteiger partial charge in [-0.1, -0.05) is 76.8 Å². The van der Waals surface area contributed by atoms with Crippen LogP contribution in [0.5, 0.6) is 0 Å². The summed E-state index contributed by atoms with van der Waals surface area (Å²) < 4.78 is 9.54. The van der Waals surface area contributed by atoms with Gasteiger partial charge in [-0.2, -0.15) is 8.75 Å². The van der Waals surface area contributed by atoms with E-state index < -0.39 is 0 Å². The monoisotopic (exact) mass is 568 g/mol. The van der Waals surface area contributed by atoms with Crippen LogP contribution < -0.4 is 0 Å². The van der Waals surface area contributed by atoms with E-state index in [-0.39, 0.29) is 0 Å². The highest BCUT2D eigenvalue weighted by atomic mass is 32.1. The molecule has 3 heterocycles. The van der Waals surface area contributed by atoms with Crippen LogP contribution in [0.3, 0.4) is 0 Å². The van der Waals surface area contributed by atoms with Crippen molar-refractivity contribution in [1.82, 2.24) is 8.75 Å². The minimum atomic E-state index is 0.326. The molecule has 0 atom stereocenters. The molecule has 0 saturated carbocycles. The molecular weight excluding hydrogens is 525 g/mol. The maximum Gasteiger partial charge on any atom is 0.114 e. The summed E-state index contributed by atoms with van der Waals surface area (Å²) in [6.07, 6.45) is 17.5. The van der Waals surface area contributed by atoms with Crippen LogP contribution in [0.1, 0.15) is 105 Å². The predicted molar refractivity (Wildman–Crippen MR) is 169 cm³/mol. The van der Waals surface area contributed by atoms with Crippen LogP contribution in [0.15, 0.2) is 24.3 Å². The second-order valence-corrected chi connectivity index (χ2v) is 13.7. The van der Waals surface area contributed by atoms with Crippen molar-refractivity contribution in [3.05, 3.63) is 45.1 Å². The number of aryl methyl sites for hydroxylation is 4. The molecule has 1 N–H and O–H groups in total. The molecule has 0 radical (unpaired) electrons. The number of aliphatic hydroxyl groups is 1. The number of aliphatic hydroxyl groups excluding tert-OH is 1. The van der Waals surface area contributed by atoms with Crippen LogP contribution in [-0.2, 0) is 12.8 Å². The predicted octanol–water partition coefficient (Wildman–Crippen LogP) is 10.5. The van der Waals surface area contributed by atoms with Gasteiger partial charge < -0.3 is 5.11 Å². The molecule has 0 fully saturated rings. The van der Waals surface area contributed by atoms with Gasteiger partial charge in [-0.05, 0) is 69.2 Å². The van der Waals surface area contributed by atoms with Crippen molar-refractivity contribution >= 4 is 45.4 Å². The van der Waals surface area contributed by atoms with Crippen LogP contribution in [0, 0.1) is 13.8 Å². The zero-order valence-corrected chi connectivity index (χ0v) is 25.9. The molecule has 0 unspecified atom stereocenters. The van der Waals surface area contributed by atoms with Crippen LogP contribution in [0.2, 0.25) is 0 Å². The number of hydrogen-bond acceptors (Lipinski definition) is 6. The normalized spacial score (nSPS) is 11.7. The average Bonchev–Trinajstić information content (AvgIpc) is 3.64. The summed E-state index contributed by atoms with van der Waals surface area (Å²) in [6, 6.07) is 9.36. The van der Waals surface area contributed by atoms with Crippen molar-refractivity contribution in [3.63, 3.8) is 0 Å². The number of nitrogens with zero attached hydrogens (tertiary/aromatic N) is 2. The quantitative estimate of drug-likeness (QED) is 0.129. The molecule has 206 valence electrons. The number of aromatic nitrogens is 2. The van der Waals surface area contributed by atoms with Crippen molar-refractivity contribution in [3.8, 4) is 20.9 Å². The van der Waals surface area contributed by atoms with E-state index in [1.807, 2.05) is 22.7 Å². The minimum absolute atomic E-state index is 0.326. The molecule has 0 aliphatic carbocycles. The van der Waals surface area contributed by atoms with Crippen molar-refractivity contribution in [1.29, 1.82) is 0 Å². The Balaban J connectivity index is 1.43. The van der Waals surface area contributed by atoms with Gasteiger partial charge in [0.05, 0.1) is 11.7 Å². The molecule has 0 aliphatic rings. The second kappa shape index (κ2) is 15.3. The molecular formula is C32H44N2OS3.